The average molecular weight is 481 g/mol. The normalized spacial score (nSPS) is 11.0. The van der Waals surface area contributed by atoms with Crippen LogP contribution in [0.2, 0.25) is 5.02 Å². The van der Waals surface area contributed by atoms with E-state index in [0.29, 0.717) is 29.0 Å². The summed E-state index contributed by atoms with van der Waals surface area (Å²) < 4.78 is 8.06. The lowest BCUT2D eigenvalue weighted by Crippen LogP contribution is -2.15. The van der Waals surface area contributed by atoms with Crippen LogP contribution in [0.5, 0.6) is 5.75 Å². The highest BCUT2D eigenvalue weighted by Gasteiger charge is 2.15. The molecule has 0 bridgehead atoms. The number of aromatic nitrogens is 3. The van der Waals surface area contributed by atoms with Crippen LogP contribution >= 0.6 is 23.4 Å². The summed E-state index contributed by atoms with van der Waals surface area (Å²) in [6.07, 6.45) is 0. The van der Waals surface area contributed by atoms with E-state index in [4.69, 9.17) is 16.3 Å². The molecule has 33 heavy (non-hydrogen) atoms. The number of aryl methyl sites for hydroxylation is 2. The lowest BCUT2D eigenvalue weighted by molar-refractivity contribution is -0.113. The molecular weight excluding hydrogens is 456 g/mol. The molecule has 8 heteroatoms. The van der Waals surface area contributed by atoms with Gasteiger partial charge >= 0.3 is 0 Å². The van der Waals surface area contributed by atoms with E-state index >= 15 is 0 Å². The molecule has 1 heterocycles. The van der Waals surface area contributed by atoms with Crippen molar-refractivity contribution in [2.24, 2.45) is 0 Å². The Labute approximate surface area is 202 Å². The summed E-state index contributed by atoms with van der Waals surface area (Å²) in [5, 5.41) is 15.1. The molecule has 4 rings (SSSR count). The van der Waals surface area contributed by atoms with Gasteiger partial charge in [-0.25, -0.2) is 0 Å². The fourth-order valence-corrected chi connectivity index (χ4v) is 4.56. The Morgan fingerprint density at radius 1 is 1.12 bits per heavy atom. The third kappa shape index (κ3) is 5.31. The van der Waals surface area contributed by atoms with Crippen molar-refractivity contribution in [3.05, 3.63) is 76.6 Å². The fourth-order valence-electron chi connectivity index (χ4n) is 3.55. The molecule has 3 aromatic carbocycles. The molecule has 1 aromatic heterocycles. The predicted octanol–water partition coefficient (Wildman–Crippen LogP) is 6.03. The van der Waals surface area contributed by atoms with Crippen molar-refractivity contribution < 1.29 is 9.53 Å². The van der Waals surface area contributed by atoms with E-state index in [9.17, 15) is 4.79 Å². The molecule has 0 atom stereocenters. The predicted molar refractivity (Wildman–Crippen MR) is 134 cm³/mol. The van der Waals surface area contributed by atoms with Crippen LogP contribution in [-0.2, 0) is 17.9 Å². The van der Waals surface area contributed by atoms with Crippen molar-refractivity contribution in [1.82, 2.24) is 14.8 Å². The molecular formula is C25H25ClN4O2S. The zero-order chi connectivity index (χ0) is 23.4. The number of fused-ring (bicyclic) bond motifs is 1. The van der Waals surface area contributed by atoms with Crippen LogP contribution in [0, 0.1) is 13.8 Å². The smallest absolute Gasteiger partial charge is 0.234 e. The molecule has 1 N–H and O–H groups in total. The van der Waals surface area contributed by atoms with E-state index in [1.165, 1.54) is 22.5 Å². The molecule has 0 spiro atoms. The van der Waals surface area contributed by atoms with Gasteiger partial charge in [-0.05, 0) is 60.9 Å². The molecule has 1 amide bonds. The molecule has 0 fully saturated rings. The number of carbonyl (C=O) groups excluding carboxylic acids is 1. The summed E-state index contributed by atoms with van der Waals surface area (Å²) >= 11 is 7.48. The van der Waals surface area contributed by atoms with Crippen molar-refractivity contribution in [2.75, 3.05) is 11.1 Å². The van der Waals surface area contributed by atoms with Gasteiger partial charge in [-0.2, -0.15) is 0 Å². The van der Waals surface area contributed by atoms with E-state index < -0.39 is 0 Å². The van der Waals surface area contributed by atoms with Crippen LogP contribution in [0.15, 0.2) is 59.8 Å². The number of thioether (sulfide) groups is 1. The van der Waals surface area contributed by atoms with Gasteiger partial charge in [-0.15, -0.1) is 10.2 Å². The summed E-state index contributed by atoms with van der Waals surface area (Å²) in [6.45, 7) is 6.98. The van der Waals surface area contributed by atoms with Gasteiger partial charge in [0.25, 0.3) is 0 Å². The lowest BCUT2D eigenvalue weighted by Gasteiger charge is -2.12. The van der Waals surface area contributed by atoms with E-state index in [1.54, 1.807) is 6.07 Å². The molecule has 0 aliphatic heterocycles. The van der Waals surface area contributed by atoms with Gasteiger partial charge in [0.2, 0.25) is 5.91 Å². The van der Waals surface area contributed by atoms with Crippen LogP contribution in [0.25, 0.3) is 10.8 Å². The second-order valence-corrected chi connectivity index (χ2v) is 8.99. The maximum atomic E-state index is 12.4. The molecule has 6 nitrogen and oxygen atoms in total. The molecule has 0 saturated heterocycles. The first-order valence-electron chi connectivity index (χ1n) is 10.7. The number of carbonyl (C=O) groups is 1. The third-order valence-electron chi connectivity index (χ3n) is 5.40. The zero-order valence-electron chi connectivity index (χ0n) is 18.8. The fraction of sp³-hybridized carbons (Fsp3) is 0.240. The second kappa shape index (κ2) is 10.3. The molecule has 0 aliphatic rings. The number of rotatable bonds is 8. The first-order chi connectivity index (χ1) is 16.0. The number of nitrogens with one attached hydrogen (secondary N) is 1. The van der Waals surface area contributed by atoms with Gasteiger partial charge in [0.1, 0.15) is 12.4 Å². The van der Waals surface area contributed by atoms with Crippen molar-refractivity contribution in [1.29, 1.82) is 0 Å². The summed E-state index contributed by atoms with van der Waals surface area (Å²) in [4.78, 5) is 12.4. The molecule has 170 valence electrons. The van der Waals surface area contributed by atoms with Crippen LogP contribution in [0.3, 0.4) is 0 Å². The Morgan fingerprint density at radius 2 is 1.94 bits per heavy atom. The number of nitrogens with zero attached hydrogens (tertiary/aromatic N) is 3. The molecule has 0 saturated carbocycles. The quantitative estimate of drug-likeness (QED) is 0.312. The summed E-state index contributed by atoms with van der Waals surface area (Å²) in [7, 11) is 0. The second-order valence-electron chi connectivity index (χ2n) is 7.64. The number of benzene rings is 3. The topological polar surface area (TPSA) is 69.0 Å². The maximum absolute atomic E-state index is 12.4. The van der Waals surface area contributed by atoms with Crippen molar-refractivity contribution in [3.63, 3.8) is 0 Å². The Balaban J connectivity index is 1.39. The third-order valence-corrected chi connectivity index (χ3v) is 6.78. The molecule has 0 aliphatic carbocycles. The van der Waals surface area contributed by atoms with E-state index in [0.717, 1.165) is 22.7 Å². The van der Waals surface area contributed by atoms with Crippen LogP contribution in [0.4, 0.5) is 5.69 Å². The summed E-state index contributed by atoms with van der Waals surface area (Å²) in [5.74, 6) is 1.63. The first-order valence-corrected chi connectivity index (χ1v) is 12.0. The SMILES string of the molecule is CCn1c(COc2ccc3ccccc3c2C)nnc1SCC(=O)Nc1ccc(C)c(Cl)c1. The van der Waals surface area contributed by atoms with Gasteiger partial charge in [0.15, 0.2) is 11.0 Å². The number of hydrogen-bond donors (Lipinski definition) is 1. The van der Waals surface area contributed by atoms with Gasteiger partial charge in [-0.1, -0.05) is 59.8 Å². The monoisotopic (exact) mass is 480 g/mol. The van der Waals surface area contributed by atoms with E-state index in [-0.39, 0.29) is 11.7 Å². The summed E-state index contributed by atoms with van der Waals surface area (Å²) in [6, 6.07) is 17.7. The standard InChI is InChI=1S/C25H25ClN4O2S/c1-4-30-23(14-32-22-12-10-18-7-5-6-8-20(18)17(22)3)28-29-25(30)33-15-24(31)27-19-11-9-16(2)21(26)13-19/h5-13H,4,14-15H2,1-3H3,(H,27,31). The Hall–Kier alpha value is -3.03. The number of amides is 1. The highest BCUT2D eigenvalue weighted by atomic mass is 35.5. The van der Waals surface area contributed by atoms with Gasteiger partial charge in [0.05, 0.1) is 5.75 Å². The van der Waals surface area contributed by atoms with Crippen molar-refractivity contribution in [2.45, 2.75) is 39.1 Å². The van der Waals surface area contributed by atoms with Crippen LogP contribution in [-0.4, -0.2) is 26.4 Å². The van der Waals surface area contributed by atoms with Gasteiger partial charge < -0.3 is 14.6 Å². The zero-order valence-corrected chi connectivity index (χ0v) is 20.3. The highest BCUT2D eigenvalue weighted by Crippen LogP contribution is 2.28. The number of hydrogen-bond acceptors (Lipinski definition) is 5. The van der Waals surface area contributed by atoms with Crippen molar-refractivity contribution >= 4 is 45.7 Å². The van der Waals surface area contributed by atoms with Crippen molar-refractivity contribution in [3.8, 4) is 5.75 Å². The average Bonchev–Trinajstić information content (AvgIpc) is 3.21. The molecule has 0 radical (unpaired) electrons. The minimum Gasteiger partial charge on any atom is -0.485 e. The minimum absolute atomic E-state index is 0.129. The molecule has 0 unspecified atom stereocenters. The maximum Gasteiger partial charge on any atom is 0.234 e. The molecule has 4 aromatic rings. The van der Waals surface area contributed by atoms with Crippen LogP contribution in [0.1, 0.15) is 23.9 Å². The number of anilines is 1. The van der Waals surface area contributed by atoms with E-state index in [1.807, 2.05) is 48.7 Å². The largest absolute Gasteiger partial charge is 0.485 e. The Kier molecular flexibility index (Phi) is 7.20. The minimum atomic E-state index is -0.129. The highest BCUT2D eigenvalue weighted by molar-refractivity contribution is 7.99. The Bertz CT molecular complexity index is 1310. The van der Waals surface area contributed by atoms with E-state index in [2.05, 4.69) is 40.6 Å². The number of halogens is 1. The van der Waals surface area contributed by atoms with Gasteiger partial charge in [0, 0.05) is 17.3 Å². The van der Waals surface area contributed by atoms with Gasteiger partial charge in [-0.3, -0.25) is 4.79 Å². The van der Waals surface area contributed by atoms with Crippen LogP contribution < -0.4 is 10.1 Å². The lowest BCUT2D eigenvalue weighted by atomic mass is 10.0. The summed E-state index contributed by atoms with van der Waals surface area (Å²) in [5.41, 5.74) is 2.74. The Morgan fingerprint density at radius 3 is 2.73 bits per heavy atom. The number of ether oxygens (including phenoxy) is 1. The first kappa shape index (κ1) is 23.1.